The van der Waals surface area contributed by atoms with Crippen LogP contribution in [-0.4, -0.2) is 13.4 Å². The van der Waals surface area contributed by atoms with Crippen molar-refractivity contribution in [1.82, 2.24) is 0 Å². The van der Waals surface area contributed by atoms with Crippen LogP contribution in [-0.2, 0) is 11.2 Å². The van der Waals surface area contributed by atoms with Crippen molar-refractivity contribution in [2.24, 2.45) is 0 Å². The summed E-state index contributed by atoms with van der Waals surface area (Å²) >= 11 is 5.85. The highest BCUT2D eigenvalue weighted by molar-refractivity contribution is 6.31. The Balaban J connectivity index is 3.10. The predicted molar refractivity (Wildman–Crippen MR) is 47.8 cm³/mol. The molecule has 0 saturated carbocycles. The van der Waals surface area contributed by atoms with Crippen LogP contribution < -0.4 is 4.74 Å². The molecule has 0 unspecified atom stereocenters. The zero-order valence-corrected chi connectivity index (χ0v) is 7.47. The van der Waals surface area contributed by atoms with Gasteiger partial charge in [-0.05, 0) is 12.1 Å². The van der Waals surface area contributed by atoms with Gasteiger partial charge in [-0.2, -0.15) is 0 Å². The molecule has 0 spiro atoms. The lowest BCUT2D eigenvalue weighted by Crippen LogP contribution is -1.93. The monoisotopic (exact) mass is 184 g/mol. The fraction of sp³-hybridized carbons (Fsp3) is 0.222. The highest BCUT2D eigenvalue weighted by Gasteiger charge is 2.05. The van der Waals surface area contributed by atoms with Gasteiger partial charge in [0, 0.05) is 17.0 Å². The van der Waals surface area contributed by atoms with Gasteiger partial charge in [0.1, 0.15) is 12.0 Å². The van der Waals surface area contributed by atoms with E-state index in [0.29, 0.717) is 17.2 Å². The van der Waals surface area contributed by atoms with Crippen LogP contribution in [0.15, 0.2) is 18.2 Å². The van der Waals surface area contributed by atoms with Gasteiger partial charge in [0.25, 0.3) is 0 Å². The van der Waals surface area contributed by atoms with Gasteiger partial charge < -0.3 is 9.53 Å². The second-order valence-corrected chi connectivity index (χ2v) is 2.70. The van der Waals surface area contributed by atoms with Crippen molar-refractivity contribution in [3.63, 3.8) is 0 Å². The van der Waals surface area contributed by atoms with E-state index < -0.39 is 0 Å². The molecule has 0 aliphatic heterocycles. The van der Waals surface area contributed by atoms with Crippen molar-refractivity contribution in [3.05, 3.63) is 28.8 Å². The number of carbonyl (C=O) groups is 1. The first-order valence-corrected chi connectivity index (χ1v) is 3.92. The molecule has 0 aromatic heterocycles. The minimum atomic E-state index is 0.294. The van der Waals surface area contributed by atoms with Crippen LogP contribution in [0.4, 0.5) is 0 Å². The average Bonchev–Trinajstić information content (AvgIpc) is 2.09. The van der Waals surface area contributed by atoms with E-state index in [9.17, 15) is 4.79 Å². The summed E-state index contributed by atoms with van der Waals surface area (Å²) in [5.41, 5.74) is 0.747. The third kappa shape index (κ3) is 1.77. The van der Waals surface area contributed by atoms with Crippen molar-refractivity contribution in [2.75, 3.05) is 7.11 Å². The second-order valence-electron chi connectivity index (χ2n) is 2.29. The Morgan fingerprint density at radius 2 is 2.33 bits per heavy atom. The normalized spacial score (nSPS) is 9.50. The quantitative estimate of drug-likeness (QED) is 0.673. The van der Waals surface area contributed by atoms with E-state index in [0.717, 1.165) is 11.8 Å². The predicted octanol–water partition coefficient (Wildman–Crippen LogP) is 2.09. The molecule has 0 heterocycles. The molecule has 0 amide bonds. The van der Waals surface area contributed by atoms with Gasteiger partial charge in [-0.15, -0.1) is 0 Å². The van der Waals surface area contributed by atoms with E-state index in [1.807, 2.05) is 0 Å². The van der Waals surface area contributed by atoms with Crippen LogP contribution in [0.5, 0.6) is 5.75 Å². The Hall–Kier alpha value is -1.02. The van der Waals surface area contributed by atoms with E-state index >= 15 is 0 Å². The standard InChI is InChI=1S/C9H9ClO2/c1-12-9-4-2-3-8(10)7(9)5-6-11/h2-4,6H,5H2,1H3. The van der Waals surface area contributed by atoms with E-state index in [1.54, 1.807) is 25.3 Å². The zero-order chi connectivity index (χ0) is 8.97. The lowest BCUT2D eigenvalue weighted by molar-refractivity contribution is -0.107. The summed E-state index contributed by atoms with van der Waals surface area (Å²) in [5.74, 6) is 0.662. The molecule has 0 atom stereocenters. The largest absolute Gasteiger partial charge is 0.496 e. The summed E-state index contributed by atoms with van der Waals surface area (Å²) in [7, 11) is 1.56. The Bertz CT molecular complexity index is 284. The van der Waals surface area contributed by atoms with Gasteiger partial charge in [-0.1, -0.05) is 17.7 Å². The van der Waals surface area contributed by atoms with Crippen molar-refractivity contribution in [1.29, 1.82) is 0 Å². The van der Waals surface area contributed by atoms with Crippen LogP contribution in [0.25, 0.3) is 0 Å². The molecule has 3 heteroatoms. The molecular formula is C9H9ClO2. The molecule has 0 N–H and O–H groups in total. The van der Waals surface area contributed by atoms with Crippen molar-refractivity contribution >= 4 is 17.9 Å². The number of carbonyl (C=O) groups excluding carboxylic acids is 1. The van der Waals surface area contributed by atoms with Gasteiger partial charge in [-0.3, -0.25) is 0 Å². The fourth-order valence-corrected chi connectivity index (χ4v) is 1.25. The lowest BCUT2D eigenvalue weighted by atomic mass is 10.1. The third-order valence-electron chi connectivity index (χ3n) is 1.58. The maximum absolute atomic E-state index is 10.3. The Morgan fingerprint density at radius 1 is 1.58 bits per heavy atom. The first-order chi connectivity index (χ1) is 5.79. The first kappa shape index (κ1) is 9.07. The molecule has 1 aromatic rings. The second kappa shape index (κ2) is 4.12. The van der Waals surface area contributed by atoms with Gasteiger partial charge in [0.05, 0.1) is 7.11 Å². The minimum Gasteiger partial charge on any atom is -0.496 e. The van der Waals surface area contributed by atoms with Crippen LogP contribution in [0, 0.1) is 0 Å². The van der Waals surface area contributed by atoms with E-state index in [4.69, 9.17) is 16.3 Å². The summed E-state index contributed by atoms with van der Waals surface area (Å²) in [5, 5.41) is 0.571. The number of ether oxygens (including phenoxy) is 1. The fourth-order valence-electron chi connectivity index (χ4n) is 1.01. The Labute approximate surface area is 76.1 Å². The molecule has 0 aliphatic rings. The van der Waals surface area contributed by atoms with E-state index in [1.165, 1.54) is 0 Å². The maximum atomic E-state index is 10.3. The van der Waals surface area contributed by atoms with E-state index in [-0.39, 0.29) is 0 Å². The summed E-state index contributed by atoms with van der Waals surface area (Å²) in [6, 6.07) is 5.31. The maximum Gasteiger partial charge on any atom is 0.124 e. The number of aldehydes is 1. The molecule has 0 fully saturated rings. The Kier molecular flexibility index (Phi) is 3.11. The summed E-state index contributed by atoms with van der Waals surface area (Å²) in [4.78, 5) is 10.3. The molecule has 2 nitrogen and oxygen atoms in total. The summed E-state index contributed by atoms with van der Waals surface area (Å²) in [6.07, 6.45) is 1.10. The number of halogens is 1. The molecule has 1 rings (SSSR count). The highest BCUT2D eigenvalue weighted by Crippen LogP contribution is 2.25. The molecular weight excluding hydrogens is 176 g/mol. The number of benzene rings is 1. The summed E-state index contributed by atoms with van der Waals surface area (Å²) < 4.78 is 5.04. The van der Waals surface area contributed by atoms with Gasteiger partial charge in [0.15, 0.2) is 0 Å². The van der Waals surface area contributed by atoms with Crippen LogP contribution >= 0.6 is 11.6 Å². The Morgan fingerprint density at radius 3 is 2.92 bits per heavy atom. The lowest BCUT2D eigenvalue weighted by Gasteiger charge is -2.06. The topological polar surface area (TPSA) is 26.3 Å². The molecule has 1 aromatic carbocycles. The van der Waals surface area contributed by atoms with Crippen molar-refractivity contribution in [2.45, 2.75) is 6.42 Å². The van der Waals surface area contributed by atoms with Crippen molar-refractivity contribution < 1.29 is 9.53 Å². The van der Waals surface area contributed by atoms with Crippen LogP contribution in [0.2, 0.25) is 5.02 Å². The van der Waals surface area contributed by atoms with Gasteiger partial charge in [-0.25, -0.2) is 0 Å². The highest BCUT2D eigenvalue weighted by atomic mass is 35.5. The van der Waals surface area contributed by atoms with E-state index in [2.05, 4.69) is 0 Å². The first-order valence-electron chi connectivity index (χ1n) is 3.54. The van der Waals surface area contributed by atoms with Crippen LogP contribution in [0.3, 0.4) is 0 Å². The smallest absolute Gasteiger partial charge is 0.124 e. The van der Waals surface area contributed by atoms with Gasteiger partial charge >= 0.3 is 0 Å². The number of methoxy groups -OCH3 is 1. The van der Waals surface area contributed by atoms with Gasteiger partial charge in [0.2, 0.25) is 0 Å². The molecule has 12 heavy (non-hydrogen) atoms. The molecule has 64 valence electrons. The van der Waals surface area contributed by atoms with Crippen molar-refractivity contribution in [3.8, 4) is 5.75 Å². The number of rotatable bonds is 3. The number of hydrogen-bond donors (Lipinski definition) is 0. The average molecular weight is 185 g/mol. The molecule has 0 radical (unpaired) electrons. The summed E-state index contributed by atoms with van der Waals surface area (Å²) in [6.45, 7) is 0. The third-order valence-corrected chi connectivity index (χ3v) is 1.94. The SMILES string of the molecule is COc1cccc(Cl)c1CC=O. The number of hydrogen-bond acceptors (Lipinski definition) is 2. The molecule has 0 saturated heterocycles. The molecule has 0 aliphatic carbocycles. The zero-order valence-electron chi connectivity index (χ0n) is 6.71. The minimum absolute atomic E-state index is 0.294. The molecule has 0 bridgehead atoms. The van der Waals surface area contributed by atoms with Crippen LogP contribution in [0.1, 0.15) is 5.56 Å².